The number of amidine groups is 1. The van der Waals surface area contributed by atoms with Gasteiger partial charge in [-0.05, 0) is 78.4 Å². The van der Waals surface area contributed by atoms with Gasteiger partial charge in [0, 0.05) is 23.3 Å². The van der Waals surface area contributed by atoms with Gasteiger partial charge in [-0.25, -0.2) is 26.9 Å². The van der Waals surface area contributed by atoms with Gasteiger partial charge in [0.05, 0.1) is 45.5 Å². The van der Waals surface area contributed by atoms with Gasteiger partial charge >= 0.3 is 0 Å². The largest absolute Gasteiger partial charge is 0.383 e. The van der Waals surface area contributed by atoms with Crippen LogP contribution in [0.1, 0.15) is 35.8 Å². The van der Waals surface area contributed by atoms with E-state index in [1.165, 1.54) is 54.4 Å². The Morgan fingerprint density at radius 1 is 1.06 bits per heavy atom. The summed E-state index contributed by atoms with van der Waals surface area (Å²) in [7, 11) is 0. The summed E-state index contributed by atoms with van der Waals surface area (Å²) in [5, 5.41) is 5.59. The normalized spacial score (nSPS) is 13.9. The van der Waals surface area contributed by atoms with Crippen LogP contribution in [0.3, 0.4) is 0 Å². The van der Waals surface area contributed by atoms with E-state index in [4.69, 9.17) is 22.3 Å². The van der Waals surface area contributed by atoms with Gasteiger partial charge in [-0.1, -0.05) is 35.9 Å². The van der Waals surface area contributed by atoms with Crippen LogP contribution in [0.2, 0.25) is 5.02 Å². The Morgan fingerprint density at radius 3 is 2.48 bits per heavy atom. The molecule has 15 heteroatoms. The Labute approximate surface area is 291 Å². The summed E-state index contributed by atoms with van der Waals surface area (Å²) in [4.78, 5) is 31.3. The van der Waals surface area contributed by atoms with Gasteiger partial charge in [0.1, 0.15) is 29.1 Å². The molecule has 1 aromatic heterocycles. The van der Waals surface area contributed by atoms with Gasteiger partial charge in [-0.2, -0.15) is 4.40 Å². The minimum absolute atomic E-state index is 0.0182. The topological polar surface area (TPSA) is 114 Å². The minimum Gasteiger partial charge on any atom is -0.383 e. The first-order valence-corrected chi connectivity index (χ1v) is 16.6. The third-order valence-electron chi connectivity index (χ3n) is 7.91. The zero-order valence-electron chi connectivity index (χ0n) is 26.0. The van der Waals surface area contributed by atoms with E-state index in [2.05, 4.69) is 15.0 Å². The van der Waals surface area contributed by atoms with Crippen LogP contribution in [0.25, 0.3) is 27.7 Å². The van der Waals surface area contributed by atoms with Crippen LogP contribution in [0.5, 0.6) is 0 Å². The van der Waals surface area contributed by atoms with E-state index < -0.39 is 42.0 Å². The molecule has 1 heterocycles. The molecular formula is C35H28ClF5N6O2S. The van der Waals surface area contributed by atoms with Crippen LogP contribution in [0.4, 0.5) is 27.6 Å². The average molecular weight is 727 g/mol. The van der Waals surface area contributed by atoms with Crippen molar-refractivity contribution in [3.05, 3.63) is 123 Å². The van der Waals surface area contributed by atoms with Crippen molar-refractivity contribution in [2.75, 3.05) is 11.9 Å². The molecule has 8 nitrogen and oxygen atoms in total. The summed E-state index contributed by atoms with van der Waals surface area (Å²) in [6.45, 7) is -0.862. The van der Waals surface area contributed by atoms with Crippen molar-refractivity contribution in [3.63, 3.8) is 0 Å². The number of fused-ring (bicyclic) bond motifs is 1. The number of alkyl halides is 2. The first kappa shape index (κ1) is 34.9. The number of carbonyl (C=O) groups is 1. The van der Waals surface area contributed by atoms with Crippen LogP contribution in [-0.2, 0) is 11.2 Å². The number of hydrogen-bond acceptors (Lipinski definition) is 6. The Hall–Kier alpha value is -4.95. The van der Waals surface area contributed by atoms with E-state index in [-0.39, 0.29) is 67.3 Å². The third-order valence-corrected chi connectivity index (χ3v) is 9.30. The SMILES string of the molecule is NC(=NSC1CC1)c1c(Cl)ccc(-n2c(C(Cc3cc(F)cc(F)c3)NC=O)nc3cc(-c4ccccc4F)ccc3c2=O)c1NCC(F)F. The standard InChI is InChI=1S/C35H28ClF5N6O2S/c36-25-9-10-29(32(43-16-30(40)41)31(25)33(42)46-50-22-6-7-22)47-34(28(44-17-48)13-18-11-20(37)15-21(38)12-18)45-27-14-19(5-8-24(27)35(47)49)23-3-1-2-4-26(23)39/h1-5,8-12,14-15,17,22,28,30,43H,6-7,13,16H2,(H2,42,46)(H,44,48). The summed E-state index contributed by atoms with van der Waals surface area (Å²) < 4.78 is 76.1. The quantitative estimate of drug-likeness (QED) is 0.0385. The monoisotopic (exact) mass is 726 g/mol. The summed E-state index contributed by atoms with van der Waals surface area (Å²) in [5.41, 5.74) is 6.48. The molecule has 1 fully saturated rings. The Morgan fingerprint density at radius 2 is 1.80 bits per heavy atom. The zero-order chi connectivity index (χ0) is 35.5. The molecular weight excluding hydrogens is 699 g/mol. The Balaban J connectivity index is 1.63. The number of anilines is 1. The Bertz CT molecular complexity index is 2160. The maximum absolute atomic E-state index is 14.8. The summed E-state index contributed by atoms with van der Waals surface area (Å²) in [6, 6.07) is 14.9. The van der Waals surface area contributed by atoms with Crippen molar-refractivity contribution in [1.29, 1.82) is 0 Å². The number of amides is 1. The Kier molecular flexibility index (Phi) is 10.4. The summed E-state index contributed by atoms with van der Waals surface area (Å²) in [5.74, 6) is -2.48. The molecule has 6 rings (SSSR count). The lowest BCUT2D eigenvalue weighted by molar-refractivity contribution is -0.110. The van der Waals surface area contributed by atoms with Gasteiger partial charge in [-0.15, -0.1) is 0 Å². The van der Waals surface area contributed by atoms with Gasteiger partial charge < -0.3 is 16.4 Å². The highest BCUT2D eigenvalue weighted by Crippen LogP contribution is 2.37. The molecule has 4 aromatic carbocycles. The number of nitrogens with one attached hydrogen (secondary N) is 2. The van der Waals surface area contributed by atoms with E-state index in [1.54, 1.807) is 12.1 Å². The number of benzene rings is 4. The molecule has 1 saturated carbocycles. The highest BCUT2D eigenvalue weighted by atomic mass is 35.5. The zero-order valence-corrected chi connectivity index (χ0v) is 27.5. The second-order valence-corrected chi connectivity index (χ2v) is 13.0. The van der Waals surface area contributed by atoms with Gasteiger partial charge in [0.25, 0.3) is 12.0 Å². The number of halogens is 6. The number of nitrogens with zero attached hydrogens (tertiary/aromatic N) is 3. The lowest BCUT2D eigenvalue weighted by atomic mass is 10.0. The molecule has 0 spiro atoms. The molecule has 1 unspecified atom stereocenters. The molecule has 4 N–H and O–H groups in total. The van der Waals surface area contributed by atoms with Crippen LogP contribution >= 0.6 is 23.5 Å². The van der Waals surface area contributed by atoms with Crippen LogP contribution < -0.4 is 21.9 Å². The maximum Gasteiger partial charge on any atom is 0.266 e. The molecule has 1 atom stereocenters. The molecule has 0 radical (unpaired) electrons. The number of aromatic nitrogens is 2. The molecule has 1 aliphatic rings. The lowest BCUT2D eigenvalue weighted by Gasteiger charge is -2.25. The smallest absolute Gasteiger partial charge is 0.266 e. The van der Waals surface area contributed by atoms with Crippen LogP contribution in [-0.4, -0.2) is 40.0 Å². The highest BCUT2D eigenvalue weighted by molar-refractivity contribution is 7.99. The fraction of sp³-hybridized carbons (Fsp3) is 0.200. The van der Waals surface area contributed by atoms with Crippen molar-refractivity contribution < 1.29 is 26.7 Å². The number of hydrogen-bond donors (Lipinski definition) is 3. The molecule has 1 aliphatic carbocycles. The van der Waals surface area contributed by atoms with E-state index in [0.29, 0.717) is 18.0 Å². The number of carbonyl (C=O) groups excluding carboxylic acids is 1. The molecule has 258 valence electrons. The van der Waals surface area contributed by atoms with E-state index in [9.17, 15) is 31.5 Å². The molecule has 0 saturated heterocycles. The fourth-order valence-corrected chi connectivity index (χ4v) is 6.47. The molecule has 0 bridgehead atoms. The van der Waals surface area contributed by atoms with Crippen LogP contribution in [0.15, 0.2) is 82.0 Å². The molecule has 0 aliphatic heterocycles. The second-order valence-electron chi connectivity index (χ2n) is 11.5. The minimum atomic E-state index is -2.83. The van der Waals surface area contributed by atoms with Crippen molar-refractivity contribution in [1.82, 2.24) is 14.9 Å². The second kappa shape index (κ2) is 14.9. The first-order chi connectivity index (χ1) is 24.0. The van der Waals surface area contributed by atoms with Crippen LogP contribution in [0, 0.1) is 17.5 Å². The molecule has 1 amide bonds. The van der Waals surface area contributed by atoms with Crippen molar-refractivity contribution in [2.45, 2.75) is 37.0 Å². The predicted octanol–water partition coefficient (Wildman–Crippen LogP) is 7.35. The van der Waals surface area contributed by atoms with Crippen molar-refractivity contribution >= 4 is 52.4 Å². The first-order valence-electron chi connectivity index (χ1n) is 15.3. The van der Waals surface area contributed by atoms with Gasteiger partial charge in [-0.3, -0.25) is 14.2 Å². The van der Waals surface area contributed by atoms with Gasteiger partial charge in [0.15, 0.2) is 0 Å². The number of nitrogens with two attached hydrogens (primary N) is 1. The summed E-state index contributed by atoms with van der Waals surface area (Å²) >= 11 is 7.80. The van der Waals surface area contributed by atoms with E-state index in [0.717, 1.165) is 29.5 Å². The van der Waals surface area contributed by atoms with Crippen molar-refractivity contribution in [3.8, 4) is 16.8 Å². The lowest BCUT2D eigenvalue weighted by Crippen LogP contribution is -2.33. The molecule has 50 heavy (non-hydrogen) atoms. The summed E-state index contributed by atoms with van der Waals surface area (Å²) in [6.07, 6.45) is -0.873. The molecule has 5 aromatic rings. The highest BCUT2D eigenvalue weighted by Gasteiger charge is 2.27. The fourth-order valence-electron chi connectivity index (χ4n) is 5.52. The average Bonchev–Trinajstić information content (AvgIpc) is 3.91. The van der Waals surface area contributed by atoms with Crippen molar-refractivity contribution in [2.24, 2.45) is 10.1 Å². The third kappa shape index (κ3) is 7.60. The maximum atomic E-state index is 14.8. The predicted molar refractivity (Wildman–Crippen MR) is 186 cm³/mol. The number of rotatable bonds is 13. The van der Waals surface area contributed by atoms with E-state index >= 15 is 0 Å². The van der Waals surface area contributed by atoms with Gasteiger partial charge in [0.2, 0.25) is 6.41 Å². The van der Waals surface area contributed by atoms with E-state index in [1.807, 2.05) is 0 Å².